The number of halogens is 3. The first-order valence-electron chi connectivity index (χ1n) is 44.5. The van der Waals surface area contributed by atoms with Gasteiger partial charge < -0.3 is 37.2 Å². The Morgan fingerprint density at radius 1 is 0.320 bits per heavy atom. The maximum absolute atomic E-state index is 13.5. The van der Waals surface area contributed by atoms with Gasteiger partial charge in [-0.15, -0.1) is 0 Å². The summed E-state index contributed by atoms with van der Waals surface area (Å²) >= 11 is 0. The van der Waals surface area contributed by atoms with E-state index in [4.69, 9.17) is 29.9 Å². The summed E-state index contributed by atoms with van der Waals surface area (Å²) < 4.78 is 54.2. The van der Waals surface area contributed by atoms with E-state index in [1.807, 2.05) is 110 Å². The van der Waals surface area contributed by atoms with E-state index in [1.54, 1.807) is 42.6 Å². The van der Waals surface area contributed by atoms with Gasteiger partial charge in [-0.2, -0.15) is 0 Å². The molecule has 1 fully saturated rings. The molecular formula is C109H121F3N16. The van der Waals surface area contributed by atoms with Gasteiger partial charge in [0.25, 0.3) is 0 Å². The minimum absolute atomic E-state index is 0.00758. The van der Waals surface area contributed by atoms with Gasteiger partial charge in [-0.05, 0) is 298 Å². The highest BCUT2D eigenvalue weighted by Crippen LogP contribution is 2.34. The van der Waals surface area contributed by atoms with Crippen molar-refractivity contribution in [3.63, 3.8) is 0 Å². The average molecular weight is 1710 g/mol. The molecule has 1 aliphatic heterocycles. The Hall–Kier alpha value is -13.0. The van der Waals surface area contributed by atoms with Crippen LogP contribution in [-0.4, -0.2) is 118 Å². The summed E-state index contributed by atoms with van der Waals surface area (Å²) in [5.74, 6) is 5.72. The molecule has 8 aromatic heterocycles. The lowest BCUT2D eigenvalue weighted by Crippen LogP contribution is -2.32. The molecular weight excluding hydrogens is 1590 g/mol. The number of pyridine rings is 2. The zero-order valence-electron chi connectivity index (χ0n) is 77.1. The molecule has 10 aromatic carbocycles. The molecule has 1 saturated heterocycles. The van der Waals surface area contributed by atoms with Gasteiger partial charge in [0.05, 0.1) is 66.2 Å². The molecule has 128 heavy (non-hydrogen) atoms. The molecule has 0 aliphatic carbocycles. The van der Waals surface area contributed by atoms with E-state index in [0.717, 1.165) is 154 Å². The number of aromatic nitrogens is 14. The second kappa shape index (κ2) is 40.3. The van der Waals surface area contributed by atoms with Gasteiger partial charge in [0, 0.05) is 105 Å². The van der Waals surface area contributed by atoms with Crippen LogP contribution in [0.1, 0.15) is 176 Å². The number of rotatable bonds is 16. The third kappa shape index (κ3) is 23.1. The Morgan fingerprint density at radius 3 is 1.02 bits per heavy atom. The minimum atomic E-state index is -0.203. The molecule has 0 saturated carbocycles. The molecule has 0 spiro atoms. The van der Waals surface area contributed by atoms with Crippen LogP contribution >= 0.6 is 0 Å². The van der Waals surface area contributed by atoms with E-state index in [0.29, 0.717) is 25.3 Å². The highest BCUT2D eigenvalue weighted by atomic mass is 19.1. The number of fused-ring (bicyclic) bond motifs is 6. The van der Waals surface area contributed by atoms with Crippen LogP contribution in [0.15, 0.2) is 292 Å². The number of piperidine rings is 1. The fourth-order valence-electron chi connectivity index (χ4n) is 17.3. The highest BCUT2D eigenvalue weighted by Gasteiger charge is 2.28. The second-order valence-corrected chi connectivity index (χ2v) is 37.6. The van der Waals surface area contributed by atoms with Crippen molar-refractivity contribution in [1.82, 2.24) is 77.1 Å². The SMILES string of the molecule is CC(C)(C)n1c(Cc2cccc(F)c2)nc2ccccc21.CC(C)(C)n1c(Cc2cccnc2)nc2ccccc21.CC(C)(C)n1c(Cc2ccncc2)nc2ccccc21.CN(C)CCn1c(Cc2cccc(F)c2)nc2ccccc21.CN1CCC(n2c(Cc3cccc(F)c3)nc3ccccc32)CC1.Cc1cccc(Cc2nc3ccccc3n2C(C)(C)C)c1. The van der Waals surface area contributed by atoms with Gasteiger partial charge in [-0.1, -0.05) is 145 Å². The summed E-state index contributed by atoms with van der Waals surface area (Å²) in [6.45, 7) is 32.7. The molecule has 0 atom stereocenters. The largest absolute Gasteiger partial charge is 0.326 e. The van der Waals surface area contributed by atoms with Gasteiger partial charge in [-0.3, -0.25) is 9.97 Å². The smallest absolute Gasteiger partial charge is 0.123 e. The Balaban J connectivity index is 0.000000124. The van der Waals surface area contributed by atoms with Crippen molar-refractivity contribution < 1.29 is 13.2 Å². The van der Waals surface area contributed by atoms with Crippen molar-refractivity contribution >= 4 is 66.2 Å². The number of aryl methyl sites for hydroxylation is 1. The Morgan fingerprint density at radius 2 is 0.641 bits per heavy atom. The minimum Gasteiger partial charge on any atom is -0.326 e. The zero-order chi connectivity index (χ0) is 90.4. The molecule has 19 heteroatoms. The van der Waals surface area contributed by atoms with Crippen LogP contribution in [0.3, 0.4) is 0 Å². The van der Waals surface area contributed by atoms with Crippen molar-refractivity contribution in [3.8, 4) is 0 Å². The van der Waals surface area contributed by atoms with Crippen molar-refractivity contribution in [1.29, 1.82) is 0 Å². The Bertz CT molecular complexity index is 6450. The molecule has 19 rings (SSSR count). The molecule has 9 heterocycles. The van der Waals surface area contributed by atoms with E-state index in [-0.39, 0.29) is 39.6 Å². The number of para-hydroxylation sites is 12. The van der Waals surface area contributed by atoms with Crippen molar-refractivity contribution in [2.75, 3.05) is 40.8 Å². The molecule has 0 unspecified atom stereocenters. The van der Waals surface area contributed by atoms with Crippen molar-refractivity contribution in [2.45, 2.75) is 176 Å². The molecule has 658 valence electrons. The Labute approximate surface area is 752 Å². The predicted molar refractivity (Wildman–Crippen MR) is 518 cm³/mol. The maximum Gasteiger partial charge on any atom is 0.123 e. The lowest BCUT2D eigenvalue weighted by Gasteiger charge is -2.31. The van der Waals surface area contributed by atoms with Gasteiger partial charge in [0.15, 0.2) is 0 Å². The summed E-state index contributed by atoms with van der Waals surface area (Å²) in [6, 6.07) is 87.3. The normalized spacial score (nSPS) is 12.8. The highest BCUT2D eigenvalue weighted by molar-refractivity contribution is 5.80. The number of likely N-dealkylation sites (tertiary alicyclic amines) is 1. The first kappa shape index (κ1) is 91.2. The summed E-state index contributed by atoms with van der Waals surface area (Å²) in [5.41, 5.74) is 21.1. The lowest BCUT2D eigenvalue weighted by molar-refractivity contribution is 0.222. The topological polar surface area (TPSA) is 139 Å². The van der Waals surface area contributed by atoms with Crippen LogP contribution in [0.25, 0.3) is 66.2 Å². The second-order valence-electron chi connectivity index (χ2n) is 37.6. The Kier molecular flexibility index (Phi) is 28.8. The molecule has 18 aromatic rings. The van der Waals surface area contributed by atoms with Crippen LogP contribution in [0, 0.1) is 24.4 Å². The molecule has 16 nitrogen and oxygen atoms in total. The van der Waals surface area contributed by atoms with Crippen LogP contribution < -0.4 is 0 Å². The quantitative estimate of drug-likeness (QED) is 0.0918. The molecule has 0 radical (unpaired) electrons. The van der Waals surface area contributed by atoms with E-state index < -0.39 is 0 Å². The number of nitrogens with zero attached hydrogens (tertiary/aromatic N) is 16. The summed E-state index contributed by atoms with van der Waals surface area (Å²) in [4.78, 5) is 41.6. The van der Waals surface area contributed by atoms with Crippen molar-refractivity contribution in [3.05, 3.63) is 383 Å². The summed E-state index contributed by atoms with van der Waals surface area (Å²) in [6.07, 6.45) is 14.1. The first-order chi connectivity index (χ1) is 61.3. The zero-order valence-corrected chi connectivity index (χ0v) is 77.1. The van der Waals surface area contributed by atoms with Crippen LogP contribution in [0.2, 0.25) is 0 Å². The third-order valence-corrected chi connectivity index (χ3v) is 22.8. The predicted octanol–water partition coefficient (Wildman–Crippen LogP) is 24.1. The molecule has 0 N–H and O–H groups in total. The fraction of sp³-hybridized carbons (Fsp3) is 0.303. The standard InChI is InChI=1S/C20H22FN3.C19H22N2.C18H20FN3.C18H19FN2.2C17H19N3/c1-23-11-9-17(10-12-23)24-19-8-3-2-7-18(19)22-20(24)14-15-5-4-6-16(21)13-15;1-14-8-7-9-15(12-14)13-18-20-16-10-5-6-11-17(16)21(18)19(2,3)4;1-21(2)10-11-22-17-9-4-3-8-16(17)20-18(22)13-14-6-5-7-15(19)12-14;1-18(2,3)21-16-10-5-4-9-15(16)20-17(21)12-13-7-6-8-14(19)11-13;1-17(2,3)20-15-9-5-4-8-14(15)19-16(20)11-13-7-6-10-18-12-13;1-17(2,3)20-15-7-5-4-6-14(15)19-16(20)12-13-8-10-18-11-9-13/h2-8,13,17H,9-12,14H2,1H3;5-12H,13H2,1-4H3;3-9,12H,10-11,13H2,1-2H3;4-11H,12H2,1-3H3;4-10,12H,11H2,1-3H3;4-11H,12H2,1-3H3. The van der Waals surface area contributed by atoms with Gasteiger partial charge >= 0.3 is 0 Å². The van der Waals surface area contributed by atoms with E-state index in [9.17, 15) is 13.2 Å². The number of imidazole rings is 6. The van der Waals surface area contributed by atoms with E-state index >= 15 is 0 Å². The number of benzene rings is 10. The van der Waals surface area contributed by atoms with E-state index in [1.165, 1.54) is 62.5 Å². The van der Waals surface area contributed by atoms with Crippen molar-refractivity contribution in [2.24, 2.45) is 0 Å². The molecule has 0 bridgehead atoms. The lowest BCUT2D eigenvalue weighted by atomic mass is 10.0. The van der Waals surface area contributed by atoms with Gasteiger partial charge in [-0.25, -0.2) is 43.1 Å². The summed E-state index contributed by atoms with van der Waals surface area (Å²) in [7, 11) is 6.30. The average Bonchev–Trinajstić information content (AvgIpc) is 1.64. The van der Waals surface area contributed by atoms with Crippen LogP contribution in [-0.2, 0) is 67.2 Å². The number of likely N-dealkylation sites (N-methyl/N-ethyl adjacent to an activating group) is 1. The van der Waals surface area contributed by atoms with Gasteiger partial charge in [0.2, 0.25) is 0 Å². The molecule has 1 aliphatic rings. The first-order valence-corrected chi connectivity index (χ1v) is 44.5. The van der Waals surface area contributed by atoms with E-state index in [2.05, 4.69) is 280 Å². The van der Waals surface area contributed by atoms with Gasteiger partial charge in [0.1, 0.15) is 52.4 Å². The third-order valence-electron chi connectivity index (χ3n) is 22.8. The maximum atomic E-state index is 13.5. The summed E-state index contributed by atoms with van der Waals surface area (Å²) in [5, 5.41) is 0. The van der Waals surface area contributed by atoms with Crippen LogP contribution in [0.5, 0.6) is 0 Å². The monoisotopic (exact) mass is 1710 g/mol. The fourth-order valence-corrected chi connectivity index (χ4v) is 17.3. The van der Waals surface area contributed by atoms with Crippen LogP contribution in [0.4, 0.5) is 13.2 Å². The number of hydrogen-bond acceptors (Lipinski definition) is 10. The molecule has 0 amide bonds. The number of hydrogen-bond donors (Lipinski definition) is 0.